The summed E-state index contributed by atoms with van der Waals surface area (Å²) < 4.78 is 12.9. The number of nitrogens with zero attached hydrogens (tertiary/aromatic N) is 3. The minimum Gasteiger partial charge on any atom is -0.342 e. The van der Waals surface area contributed by atoms with E-state index in [0.29, 0.717) is 18.8 Å². The van der Waals surface area contributed by atoms with Gasteiger partial charge in [0, 0.05) is 45.0 Å². The molecule has 1 aliphatic rings. The van der Waals surface area contributed by atoms with Crippen LogP contribution >= 0.6 is 0 Å². The van der Waals surface area contributed by atoms with Crippen molar-refractivity contribution >= 4 is 17.5 Å². The highest BCUT2D eigenvalue weighted by atomic mass is 19.1. The number of halogens is 1. The molecule has 1 heterocycles. The quantitative estimate of drug-likeness (QED) is 0.839. The average molecular weight is 350 g/mol. The number of rotatable bonds is 6. The monoisotopic (exact) mass is 350 g/mol. The molecule has 0 unspecified atom stereocenters. The third-order valence-corrected chi connectivity index (χ3v) is 4.49. The van der Waals surface area contributed by atoms with Crippen molar-refractivity contribution in [1.29, 1.82) is 0 Å². The maximum absolute atomic E-state index is 12.9. The molecule has 0 aliphatic carbocycles. The van der Waals surface area contributed by atoms with Gasteiger partial charge in [0.05, 0.1) is 13.1 Å². The van der Waals surface area contributed by atoms with E-state index < -0.39 is 0 Å². The number of carbonyl (C=O) groups is 2. The normalized spacial score (nSPS) is 16.0. The highest BCUT2D eigenvalue weighted by Gasteiger charge is 2.22. The number of hydrogen-bond acceptors (Lipinski definition) is 4. The van der Waals surface area contributed by atoms with Crippen LogP contribution in [0.15, 0.2) is 24.3 Å². The number of nitrogens with one attached hydrogen (secondary N) is 1. The first-order chi connectivity index (χ1) is 11.8. The smallest absolute Gasteiger partial charge is 0.238 e. The molecule has 1 saturated heterocycles. The largest absolute Gasteiger partial charge is 0.342 e. The van der Waals surface area contributed by atoms with E-state index in [2.05, 4.69) is 15.1 Å². The Balaban J connectivity index is 1.72. The maximum Gasteiger partial charge on any atom is 0.238 e. The van der Waals surface area contributed by atoms with Gasteiger partial charge < -0.3 is 10.2 Å². The molecular formula is C18H27FN4O2. The molecular weight excluding hydrogens is 323 g/mol. The molecule has 1 aromatic rings. The van der Waals surface area contributed by atoms with Crippen LogP contribution in [-0.4, -0.2) is 78.9 Å². The zero-order valence-electron chi connectivity index (χ0n) is 15.2. The van der Waals surface area contributed by atoms with Crippen LogP contribution in [0.5, 0.6) is 0 Å². The number of hydrogen-bond donors (Lipinski definition) is 1. The summed E-state index contributed by atoms with van der Waals surface area (Å²) in [5.74, 6) is -0.319. The molecule has 0 bridgehead atoms. The van der Waals surface area contributed by atoms with Crippen molar-refractivity contribution in [2.45, 2.75) is 19.9 Å². The molecule has 0 atom stereocenters. The summed E-state index contributed by atoms with van der Waals surface area (Å²) in [5, 5.41) is 2.77. The van der Waals surface area contributed by atoms with E-state index in [9.17, 15) is 14.0 Å². The van der Waals surface area contributed by atoms with Gasteiger partial charge in [-0.1, -0.05) is 0 Å². The Bertz CT molecular complexity index is 583. The van der Waals surface area contributed by atoms with Crippen LogP contribution in [0.25, 0.3) is 0 Å². The van der Waals surface area contributed by atoms with E-state index in [1.807, 2.05) is 20.9 Å². The molecule has 0 aromatic heterocycles. The van der Waals surface area contributed by atoms with E-state index in [0.717, 1.165) is 26.2 Å². The molecule has 0 spiro atoms. The number of carbonyl (C=O) groups excluding carboxylic acids is 2. The fourth-order valence-electron chi connectivity index (χ4n) is 2.63. The predicted octanol–water partition coefficient (Wildman–Crippen LogP) is 1.25. The van der Waals surface area contributed by atoms with Crippen molar-refractivity contribution in [3.63, 3.8) is 0 Å². The standard InChI is InChI=1S/C18H27FN4O2/c1-14(2)21(3)18(25)13-23-10-8-22(9-11-23)12-17(24)20-16-6-4-15(19)5-7-16/h4-7,14H,8-13H2,1-3H3,(H,20,24). The van der Waals surface area contributed by atoms with E-state index in [4.69, 9.17) is 0 Å². The minimum atomic E-state index is -0.327. The van der Waals surface area contributed by atoms with Crippen LogP contribution in [-0.2, 0) is 9.59 Å². The SMILES string of the molecule is CC(C)N(C)C(=O)CN1CCN(CC(=O)Nc2ccc(F)cc2)CC1. The molecule has 7 heteroatoms. The van der Waals surface area contributed by atoms with Crippen LogP contribution < -0.4 is 5.32 Å². The Kier molecular flexibility index (Phi) is 6.90. The zero-order chi connectivity index (χ0) is 18.4. The molecule has 2 amide bonds. The van der Waals surface area contributed by atoms with Gasteiger partial charge in [-0.15, -0.1) is 0 Å². The first-order valence-electron chi connectivity index (χ1n) is 8.61. The van der Waals surface area contributed by atoms with Crippen LogP contribution in [0.2, 0.25) is 0 Å². The number of likely N-dealkylation sites (N-methyl/N-ethyl adjacent to an activating group) is 1. The Morgan fingerprint density at radius 3 is 2.12 bits per heavy atom. The van der Waals surface area contributed by atoms with Crippen LogP contribution in [0.1, 0.15) is 13.8 Å². The van der Waals surface area contributed by atoms with E-state index >= 15 is 0 Å². The van der Waals surface area contributed by atoms with Crippen molar-refractivity contribution < 1.29 is 14.0 Å². The predicted molar refractivity (Wildman–Crippen MR) is 95.8 cm³/mol. The fraction of sp³-hybridized carbons (Fsp3) is 0.556. The summed E-state index contributed by atoms with van der Waals surface area (Å²) in [6, 6.07) is 5.92. The Hall–Kier alpha value is -1.99. The minimum absolute atomic E-state index is 0.115. The Morgan fingerprint density at radius 1 is 1.08 bits per heavy atom. The molecule has 0 saturated carbocycles. The van der Waals surface area contributed by atoms with Crippen molar-refractivity contribution in [3.8, 4) is 0 Å². The van der Waals surface area contributed by atoms with Crippen LogP contribution in [0.4, 0.5) is 10.1 Å². The summed E-state index contributed by atoms with van der Waals surface area (Å²) in [6.07, 6.45) is 0. The first kappa shape index (κ1) is 19.3. The van der Waals surface area contributed by atoms with Gasteiger partial charge in [-0.3, -0.25) is 19.4 Å². The van der Waals surface area contributed by atoms with Gasteiger partial charge >= 0.3 is 0 Å². The van der Waals surface area contributed by atoms with Crippen molar-refractivity contribution in [2.24, 2.45) is 0 Å². The third-order valence-electron chi connectivity index (χ3n) is 4.49. The molecule has 1 aliphatic heterocycles. The van der Waals surface area contributed by atoms with E-state index in [-0.39, 0.29) is 23.7 Å². The first-order valence-corrected chi connectivity index (χ1v) is 8.61. The molecule has 0 radical (unpaired) electrons. The third kappa shape index (κ3) is 6.10. The second-order valence-corrected chi connectivity index (χ2v) is 6.71. The lowest BCUT2D eigenvalue weighted by molar-refractivity contribution is -0.133. The summed E-state index contributed by atoms with van der Waals surface area (Å²) in [4.78, 5) is 30.1. The van der Waals surface area contributed by atoms with Gasteiger partial charge in [-0.2, -0.15) is 0 Å². The molecule has 138 valence electrons. The topological polar surface area (TPSA) is 55.9 Å². The highest BCUT2D eigenvalue weighted by molar-refractivity contribution is 5.92. The number of anilines is 1. The zero-order valence-corrected chi connectivity index (χ0v) is 15.2. The number of benzene rings is 1. The summed E-state index contributed by atoms with van der Waals surface area (Å²) >= 11 is 0. The van der Waals surface area contributed by atoms with Gasteiger partial charge in [0.2, 0.25) is 11.8 Å². The second kappa shape index (κ2) is 8.92. The average Bonchev–Trinajstić information content (AvgIpc) is 2.57. The lowest BCUT2D eigenvalue weighted by Gasteiger charge is -2.35. The summed E-state index contributed by atoms with van der Waals surface area (Å²) in [6.45, 7) is 7.73. The van der Waals surface area contributed by atoms with Crippen LogP contribution in [0.3, 0.4) is 0 Å². The maximum atomic E-state index is 12.9. The van der Waals surface area contributed by atoms with Crippen molar-refractivity contribution in [3.05, 3.63) is 30.1 Å². The van der Waals surface area contributed by atoms with Crippen molar-refractivity contribution in [2.75, 3.05) is 51.6 Å². The van der Waals surface area contributed by atoms with Gasteiger partial charge in [-0.05, 0) is 38.1 Å². The van der Waals surface area contributed by atoms with Gasteiger partial charge in [0.1, 0.15) is 5.82 Å². The van der Waals surface area contributed by atoms with Gasteiger partial charge in [-0.25, -0.2) is 4.39 Å². The molecule has 2 rings (SSSR count). The van der Waals surface area contributed by atoms with Crippen LogP contribution in [0, 0.1) is 5.82 Å². The second-order valence-electron chi connectivity index (χ2n) is 6.71. The Morgan fingerprint density at radius 2 is 1.60 bits per heavy atom. The molecule has 1 aromatic carbocycles. The molecule has 25 heavy (non-hydrogen) atoms. The van der Waals surface area contributed by atoms with Gasteiger partial charge in [0.25, 0.3) is 0 Å². The Labute approximate surface area is 148 Å². The molecule has 1 fully saturated rings. The van der Waals surface area contributed by atoms with Gasteiger partial charge in [0.15, 0.2) is 0 Å². The number of piperazine rings is 1. The summed E-state index contributed by atoms with van der Waals surface area (Å²) in [5.41, 5.74) is 0.590. The number of amides is 2. The van der Waals surface area contributed by atoms with E-state index in [1.165, 1.54) is 12.1 Å². The lowest BCUT2D eigenvalue weighted by Crippen LogP contribution is -2.51. The molecule has 6 nitrogen and oxygen atoms in total. The summed E-state index contributed by atoms with van der Waals surface area (Å²) in [7, 11) is 1.82. The van der Waals surface area contributed by atoms with E-state index in [1.54, 1.807) is 17.0 Å². The molecule has 1 N–H and O–H groups in total. The van der Waals surface area contributed by atoms with Crippen molar-refractivity contribution in [1.82, 2.24) is 14.7 Å². The fourth-order valence-corrected chi connectivity index (χ4v) is 2.63. The lowest BCUT2D eigenvalue weighted by atomic mass is 10.2. The highest BCUT2D eigenvalue weighted by Crippen LogP contribution is 2.09.